The van der Waals surface area contributed by atoms with Crippen LogP contribution in [0.15, 0.2) is 0 Å². The molecule has 4 rings (SSSR count). The van der Waals surface area contributed by atoms with E-state index in [4.69, 9.17) is 34.2 Å². The summed E-state index contributed by atoms with van der Waals surface area (Å²) in [5.41, 5.74) is 13.7. The van der Waals surface area contributed by atoms with Gasteiger partial charge in [0.25, 0.3) is 0 Å². The van der Waals surface area contributed by atoms with Crippen molar-refractivity contribution < 1.29 is 33.2 Å². The molecule has 0 aromatic heterocycles. The molecule has 228 valence electrons. The van der Waals surface area contributed by atoms with Gasteiger partial charge in [0.15, 0.2) is 19.9 Å². The molecular weight excluding hydrogens is 522 g/mol. The van der Waals surface area contributed by atoms with E-state index in [0.717, 1.165) is 83.5 Å². The minimum atomic E-state index is -0.195. The number of ether oxygens (including phenoxy) is 6. The van der Waals surface area contributed by atoms with E-state index < -0.39 is 0 Å². The smallest absolute Gasteiger partial charge is 0.188 e. The van der Waals surface area contributed by atoms with Crippen molar-refractivity contribution in [1.29, 1.82) is 0 Å². The fourth-order valence-electron chi connectivity index (χ4n) is 5.54. The van der Waals surface area contributed by atoms with Crippen molar-refractivity contribution in [2.24, 2.45) is 5.73 Å². The Hall–Kier alpha value is -2.81. The maximum atomic E-state index is 11.5. The van der Waals surface area contributed by atoms with Gasteiger partial charge in [0.05, 0.1) is 5.56 Å². The first kappa shape index (κ1) is 32.7. The van der Waals surface area contributed by atoms with Crippen LogP contribution >= 0.6 is 0 Å². The number of hydrogen-bond acceptors (Lipinski definition) is 8. The van der Waals surface area contributed by atoms with Gasteiger partial charge in [-0.2, -0.15) is 0 Å². The van der Waals surface area contributed by atoms with E-state index in [9.17, 15) is 4.79 Å². The number of carbonyl (C=O) groups is 1. The van der Waals surface area contributed by atoms with Gasteiger partial charge in [0.2, 0.25) is 0 Å². The topological polar surface area (TPSA) is 98.5 Å². The normalized spacial score (nSPS) is 16.3. The summed E-state index contributed by atoms with van der Waals surface area (Å²) >= 11 is 0. The molecule has 8 heteroatoms. The summed E-state index contributed by atoms with van der Waals surface area (Å²) in [5.74, 6) is 3.39. The molecule has 0 aliphatic carbocycles. The van der Waals surface area contributed by atoms with Crippen molar-refractivity contribution in [3.8, 4) is 23.0 Å². The average Bonchev–Trinajstić information content (AvgIpc) is 2.92. The van der Waals surface area contributed by atoms with E-state index in [1.165, 1.54) is 11.1 Å². The van der Waals surface area contributed by atoms with Crippen LogP contribution in [0.25, 0.3) is 0 Å². The van der Waals surface area contributed by atoms with Crippen LogP contribution in [-0.4, -0.2) is 51.8 Å². The summed E-state index contributed by atoms with van der Waals surface area (Å²) in [7, 11) is 3.20. The molecule has 8 nitrogen and oxygen atoms in total. The third kappa shape index (κ3) is 7.16. The van der Waals surface area contributed by atoms with Crippen LogP contribution in [0, 0.1) is 27.7 Å². The number of hydrogen-bond donors (Lipinski definition) is 1. The molecule has 0 amide bonds. The fraction of sp³-hybridized carbons (Fsp3) is 0.606. The number of benzene rings is 2. The zero-order valence-electron chi connectivity index (χ0n) is 26.7. The second-order valence-electron chi connectivity index (χ2n) is 12.1. The van der Waals surface area contributed by atoms with E-state index in [-0.39, 0.29) is 24.8 Å². The maximum absolute atomic E-state index is 11.5. The molecule has 0 fully saturated rings. The average molecular weight is 572 g/mol. The predicted molar refractivity (Wildman–Crippen MR) is 161 cm³/mol. The summed E-state index contributed by atoms with van der Waals surface area (Å²) in [5, 5.41) is 0. The minimum Gasteiger partial charge on any atom is -0.487 e. The van der Waals surface area contributed by atoms with E-state index >= 15 is 0 Å². The lowest BCUT2D eigenvalue weighted by Gasteiger charge is -2.36. The molecule has 2 aliphatic heterocycles. The first-order valence-corrected chi connectivity index (χ1v) is 14.4. The van der Waals surface area contributed by atoms with Crippen molar-refractivity contribution in [2.45, 2.75) is 98.7 Å². The van der Waals surface area contributed by atoms with Crippen molar-refractivity contribution in [2.75, 3.05) is 34.4 Å². The van der Waals surface area contributed by atoms with Crippen LogP contribution in [0.1, 0.15) is 89.8 Å². The second kappa shape index (κ2) is 13.4. The molecule has 2 N–H and O–H groups in total. The van der Waals surface area contributed by atoms with E-state index in [1.54, 1.807) is 14.2 Å². The Kier molecular flexibility index (Phi) is 10.7. The van der Waals surface area contributed by atoms with Gasteiger partial charge in [-0.1, -0.05) is 0 Å². The molecule has 41 heavy (non-hydrogen) atoms. The van der Waals surface area contributed by atoms with Crippen LogP contribution in [0.2, 0.25) is 0 Å². The predicted octanol–water partition coefficient (Wildman–Crippen LogP) is 6.09. The molecule has 2 aromatic rings. The Morgan fingerprint density at radius 1 is 0.756 bits per heavy atom. The van der Waals surface area contributed by atoms with Crippen molar-refractivity contribution >= 4 is 6.29 Å². The van der Waals surface area contributed by atoms with Gasteiger partial charge < -0.3 is 34.2 Å². The van der Waals surface area contributed by atoms with Crippen LogP contribution in [-0.2, 0) is 28.7 Å². The Labute approximate surface area is 245 Å². The van der Waals surface area contributed by atoms with Gasteiger partial charge in [-0.15, -0.1) is 0 Å². The largest absolute Gasteiger partial charge is 0.487 e. The molecular formula is C33H49NO7. The van der Waals surface area contributed by atoms with E-state index in [1.807, 2.05) is 13.8 Å². The van der Waals surface area contributed by atoms with Gasteiger partial charge in [0, 0.05) is 30.9 Å². The Bertz CT molecular complexity index is 1250. The lowest BCUT2D eigenvalue weighted by Crippen LogP contribution is -2.34. The molecule has 0 bridgehead atoms. The molecule has 2 aliphatic rings. The highest BCUT2D eigenvalue weighted by Crippen LogP contribution is 2.45. The van der Waals surface area contributed by atoms with Gasteiger partial charge in [-0.05, 0) is 116 Å². The SMILES string of the molecule is COCOc1c(C)c(C)c2c(c1C=O)CCC(C)(C)O2.COCOc1c(C)c(C)c2c(c1CCN)CCC(C)(C)O2. The number of methoxy groups -OCH3 is 2. The third-order valence-corrected chi connectivity index (χ3v) is 8.11. The number of aldehydes is 1. The minimum absolute atomic E-state index is 0.112. The highest BCUT2D eigenvalue weighted by molar-refractivity contribution is 5.85. The van der Waals surface area contributed by atoms with Gasteiger partial charge in [0.1, 0.15) is 34.2 Å². The first-order valence-electron chi connectivity index (χ1n) is 14.4. The summed E-state index contributed by atoms with van der Waals surface area (Å²) in [6.45, 7) is 17.5. The van der Waals surface area contributed by atoms with E-state index in [0.29, 0.717) is 17.9 Å². The van der Waals surface area contributed by atoms with Crippen LogP contribution < -0.4 is 24.7 Å². The summed E-state index contributed by atoms with van der Waals surface area (Å²) in [6, 6.07) is 0. The van der Waals surface area contributed by atoms with Crippen LogP contribution in [0.3, 0.4) is 0 Å². The third-order valence-electron chi connectivity index (χ3n) is 8.11. The van der Waals surface area contributed by atoms with Gasteiger partial charge in [-0.25, -0.2) is 0 Å². The van der Waals surface area contributed by atoms with E-state index in [2.05, 4.69) is 41.5 Å². The molecule has 0 spiro atoms. The molecule has 0 atom stereocenters. The van der Waals surface area contributed by atoms with Crippen molar-refractivity contribution in [1.82, 2.24) is 0 Å². The summed E-state index contributed by atoms with van der Waals surface area (Å²) < 4.78 is 33.8. The highest BCUT2D eigenvalue weighted by Gasteiger charge is 2.33. The maximum Gasteiger partial charge on any atom is 0.188 e. The summed E-state index contributed by atoms with van der Waals surface area (Å²) in [4.78, 5) is 11.5. The van der Waals surface area contributed by atoms with Crippen molar-refractivity contribution in [3.05, 3.63) is 44.5 Å². The zero-order chi connectivity index (χ0) is 30.5. The van der Waals surface area contributed by atoms with Gasteiger partial charge in [-0.3, -0.25) is 4.79 Å². The molecule has 2 heterocycles. The molecule has 0 radical (unpaired) electrons. The number of rotatable bonds is 9. The number of fused-ring (bicyclic) bond motifs is 2. The number of carbonyl (C=O) groups excluding carboxylic acids is 1. The molecule has 0 unspecified atom stereocenters. The quantitative estimate of drug-likeness (QED) is 0.285. The standard InChI is InChI=1S/C17H27NO3.C16H22O4/c1-11-12(2)16-13(6-8-17(3,4)21-16)14(7-9-18)15(11)20-10-19-5;1-10-11(2)15-12(6-7-16(3,4)20-15)13(8-17)14(10)19-9-18-5/h6-10,18H2,1-5H3;8H,6-7,9H2,1-5H3. The Morgan fingerprint density at radius 3 is 1.71 bits per heavy atom. The zero-order valence-corrected chi connectivity index (χ0v) is 26.7. The lowest BCUT2D eigenvalue weighted by atomic mass is 9.86. The van der Waals surface area contributed by atoms with Gasteiger partial charge >= 0.3 is 0 Å². The number of nitrogens with two attached hydrogens (primary N) is 1. The second-order valence-corrected chi connectivity index (χ2v) is 12.1. The Balaban J connectivity index is 0.000000226. The fourth-order valence-corrected chi connectivity index (χ4v) is 5.54. The summed E-state index contributed by atoms with van der Waals surface area (Å²) in [6.07, 6.45) is 5.37. The first-order chi connectivity index (χ1) is 19.3. The van der Waals surface area contributed by atoms with Crippen LogP contribution in [0.4, 0.5) is 0 Å². The van der Waals surface area contributed by atoms with Crippen molar-refractivity contribution in [3.63, 3.8) is 0 Å². The Morgan fingerprint density at radius 2 is 1.22 bits per heavy atom. The monoisotopic (exact) mass is 571 g/mol. The van der Waals surface area contributed by atoms with Crippen LogP contribution in [0.5, 0.6) is 23.0 Å². The molecule has 2 aromatic carbocycles. The highest BCUT2D eigenvalue weighted by atomic mass is 16.7. The lowest BCUT2D eigenvalue weighted by molar-refractivity contribution is 0.0487. The molecule has 0 saturated carbocycles. The molecule has 0 saturated heterocycles.